The van der Waals surface area contributed by atoms with Crippen molar-refractivity contribution < 1.29 is 9.47 Å². The lowest BCUT2D eigenvalue weighted by molar-refractivity contribution is 0.174. The molecule has 1 aromatic rings. The summed E-state index contributed by atoms with van der Waals surface area (Å²) in [6.07, 6.45) is 1.19. The minimum atomic E-state index is 0.355. The van der Waals surface area contributed by atoms with E-state index in [1.165, 1.54) is 31.6 Å². The van der Waals surface area contributed by atoms with Crippen LogP contribution in [0.15, 0.2) is 18.2 Å². The van der Waals surface area contributed by atoms with Crippen molar-refractivity contribution in [2.24, 2.45) is 0 Å². The van der Waals surface area contributed by atoms with Crippen molar-refractivity contribution in [1.82, 2.24) is 10.2 Å². The summed E-state index contributed by atoms with van der Waals surface area (Å²) in [5.74, 6) is 2.33. The third-order valence-electron chi connectivity index (χ3n) is 4.05. The van der Waals surface area contributed by atoms with Gasteiger partial charge in [0.15, 0.2) is 11.5 Å². The molecule has 0 saturated carbocycles. The first-order valence-electron chi connectivity index (χ1n) is 7.15. The fraction of sp³-hybridized carbons (Fsp3) is 0.600. The Bertz CT molecular complexity index is 430. The summed E-state index contributed by atoms with van der Waals surface area (Å²) in [5, 5.41) is 3.39. The Labute approximate surface area is 114 Å². The van der Waals surface area contributed by atoms with Crippen molar-refractivity contribution in [3.63, 3.8) is 0 Å². The highest BCUT2D eigenvalue weighted by Crippen LogP contribution is 2.35. The number of nitrogens with zero attached hydrogens (tertiary/aromatic N) is 1. The summed E-state index contributed by atoms with van der Waals surface area (Å²) in [6, 6.07) is 6.32. The molecular formula is C15H22N2O2. The lowest BCUT2D eigenvalue weighted by Gasteiger charge is -2.28. The second-order valence-corrected chi connectivity index (χ2v) is 5.39. The Hall–Kier alpha value is -1.26. The number of rotatable bonds is 4. The van der Waals surface area contributed by atoms with Gasteiger partial charge in [0.25, 0.3) is 0 Å². The third-order valence-corrected chi connectivity index (χ3v) is 4.05. The number of ether oxygens (including phenoxy) is 2. The first-order valence-corrected chi connectivity index (χ1v) is 7.15. The van der Waals surface area contributed by atoms with Gasteiger partial charge in [0.1, 0.15) is 0 Å². The number of nitrogens with one attached hydrogen (secondary N) is 1. The van der Waals surface area contributed by atoms with E-state index in [-0.39, 0.29) is 0 Å². The first kappa shape index (κ1) is 12.8. The van der Waals surface area contributed by atoms with Crippen molar-refractivity contribution in [3.8, 4) is 11.5 Å². The fourth-order valence-corrected chi connectivity index (χ4v) is 2.70. The molecule has 2 aliphatic heterocycles. The van der Waals surface area contributed by atoms with Gasteiger partial charge in [0, 0.05) is 26.2 Å². The summed E-state index contributed by atoms with van der Waals surface area (Å²) < 4.78 is 10.8. The van der Waals surface area contributed by atoms with Crippen LogP contribution in [0.1, 0.15) is 24.8 Å². The summed E-state index contributed by atoms with van der Waals surface area (Å²) in [6.45, 7) is 8.42. The van der Waals surface area contributed by atoms with E-state index in [9.17, 15) is 0 Å². The molecule has 104 valence electrons. The maximum atomic E-state index is 5.44. The zero-order chi connectivity index (χ0) is 13.1. The molecule has 1 aromatic carbocycles. The molecule has 1 fully saturated rings. The normalized spacial score (nSPS) is 20.5. The molecule has 0 bridgehead atoms. The van der Waals surface area contributed by atoms with Crippen LogP contribution in [0.5, 0.6) is 11.5 Å². The molecule has 0 aromatic heterocycles. The Morgan fingerprint density at radius 2 is 2.00 bits per heavy atom. The number of fused-ring (bicyclic) bond motifs is 1. The molecule has 4 nitrogen and oxygen atoms in total. The Balaban J connectivity index is 1.56. The Morgan fingerprint density at radius 1 is 1.21 bits per heavy atom. The summed E-state index contributed by atoms with van der Waals surface area (Å²) >= 11 is 0. The van der Waals surface area contributed by atoms with Crippen LogP contribution in [-0.4, -0.2) is 44.4 Å². The highest BCUT2D eigenvalue weighted by Gasteiger charge is 2.17. The lowest BCUT2D eigenvalue weighted by Crippen LogP contribution is -2.43. The predicted octanol–water partition coefficient (Wildman–Crippen LogP) is 1.81. The second kappa shape index (κ2) is 5.80. The van der Waals surface area contributed by atoms with Crippen LogP contribution in [-0.2, 0) is 0 Å². The monoisotopic (exact) mass is 262 g/mol. The summed E-state index contributed by atoms with van der Waals surface area (Å²) in [4.78, 5) is 2.54. The van der Waals surface area contributed by atoms with Crippen LogP contribution < -0.4 is 14.8 Å². The van der Waals surface area contributed by atoms with Crippen LogP contribution >= 0.6 is 0 Å². The average Bonchev–Trinajstić information content (AvgIpc) is 2.93. The van der Waals surface area contributed by atoms with Crippen LogP contribution in [0.3, 0.4) is 0 Å². The molecule has 1 N–H and O–H groups in total. The van der Waals surface area contributed by atoms with Crippen LogP contribution in [0.2, 0.25) is 0 Å². The van der Waals surface area contributed by atoms with E-state index in [2.05, 4.69) is 29.3 Å². The molecule has 1 atom stereocenters. The quantitative estimate of drug-likeness (QED) is 0.897. The molecule has 1 saturated heterocycles. The Kier molecular flexibility index (Phi) is 3.89. The van der Waals surface area contributed by atoms with Crippen LogP contribution in [0.4, 0.5) is 0 Å². The van der Waals surface area contributed by atoms with E-state index in [0.717, 1.165) is 24.6 Å². The number of piperazine rings is 1. The molecule has 0 aliphatic carbocycles. The maximum Gasteiger partial charge on any atom is 0.231 e. The van der Waals surface area contributed by atoms with E-state index in [4.69, 9.17) is 9.47 Å². The minimum Gasteiger partial charge on any atom is -0.454 e. The average molecular weight is 262 g/mol. The van der Waals surface area contributed by atoms with Gasteiger partial charge in [-0.05, 0) is 36.6 Å². The van der Waals surface area contributed by atoms with E-state index in [1.54, 1.807) is 0 Å². The topological polar surface area (TPSA) is 33.7 Å². The van der Waals surface area contributed by atoms with Gasteiger partial charge in [-0.3, -0.25) is 0 Å². The van der Waals surface area contributed by atoms with Gasteiger partial charge < -0.3 is 19.7 Å². The highest BCUT2D eigenvalue weighted by atomic mass is 16.7. The summed E-state index contributed by atoms with van der Waals surface area (Å²) in [7, 11) is 0. The maximum absolute atomic E-state index is 5.44. The zero-order valence-electron chi connectivity index (χ0n) is 11.5. The predicted molar refractivity (Wildman–Crippen MR) is 74.9 cm³/mol. The van der Waals surface area contributed by atoms with Gasteiger partial charge in [-0.2, -0.15) is 0 Å². The number of hydrogen-bond acceptors (Lipinski definition) is 4. The molecule has 1 unspecified atom stereocenters. The van der Waals surface area contributed by atoms with E-state index < -0.39 is 0 Å². The molecule has 0 spiro atoms. The largest absolute Gasteiger partial charge is 0.454 e. The smallest absolute Gasteiger partial charge is 0.231 e. The molecule has 0 amide bonds. The SMILES string of the molecule is CC(CCN1CCNCC1)c1ccc2c(c1)OCO2. The number of benzene rings is 1. The van der Waals surface area contributed by atoms with Gasteiger partial charge in [-0.25, -0.2) is 0 Å². The molecule has 2 heterocycles. The zero-order valence-corrected chi connectivity index (χ0v) is 11.5. The van der Waals surface area contributed by atoms with Gasteiger partial charge in [0.05, 0.1) is 0 Å². The molecule has 0 radical (unpaired) electrons. The van der Waals surface area contributed by atoms with Gasteiger partial charge in [-0.1, -0.05) is 13.0 Å². The Morgan fingerprint density at radius 3 is 2.84 bits per heavy atom. The van der Waals surface area contributed by atoms with E-state index in [0.29, 0.717) is 12.7 Å². The van der Waals surface area contributed by atoms with Crippen molar-refractivity contribution >= 4 is 0 Å². The standard InChI is InChI=1S/C15H22N2O2/c1-12(4-7-17-8-5-16-6-9-17)13-2-3-14-15(10-13)19-11-18-14/h2-3,10,12,16H,4-9,11H2,1H3. The van der Waals surface area contributed by atoms with Crippen molar-refractivity contribution in [2.75, 3.05) is 39.5 Å². The van der Waals surface area contributed by atoms with Gasteiger partial charge in [0.2, 0.25) is 6.79 Å². The summed E-state index contributed by atoms with van der Waals surface area (Å²) in [5.41, 5.74) is 1.35. The van der Waals surface area contributed by atoms with Gasteiger partial charge in [-0.15, -0.1) is 0 Å². The fourth-order valence-electron chi connectivity index (χ4n) is 2.70. The molecule has 2 aliphatic rings. The molecular weight excluding hydrogens is 240 g/mol. The second-order valence-electron chi connectivity index (χ2n) is 5.39. The van der Waals surface area contributed by atoms with Crippen molar-refractivity contribution in [1.29, 1.82) is 0 Å². The van der Waals surface area contributed by atoms with Crippen molar-refractivity contribution in [2.45, 2.75) is 19.3 Å². The van der Waals surface area contributed by atoms with Gasteiger partial charge >= 0.3 is 0 Å². The van der Waals surface area contributed by atoms with Crippen LogP contribution in [0, 0.1) is 0 Å². The highest BCUT2D eigenvalue weighted by molar-refractivity contribution is 5.45. The molecule has 19 heavy (non-hydrogen) atoms. The lowest BCUT2D eigenvalue weighted by atomic mass is 9.97. The number of hydrogen-bond donors (Lipinski definition) is 1. The van der Waals surface area contributed by atoms with E-state index in [1.807, 2.05) is 6.07 Å². The van der Waals surface area contributed by atoms with Crippen molar-refractivity contribution in [3.05, 3.63) is 23.8 Å². The molecule has 4 heteroatoms. The minimum absolute atomic E-state index is 0.355. The first-order chi connectivity index (χ1) is 9.33. The third kappa shape index (κ3) is 3.01. The van der Waals surface area contributed by atoms with Crippen LogP contribution in [0.25, 0.3) is 0 Å². The van der Waals surface area contributed by atoms with E-state index >= 15 is 0 Å². The molecule has 3 rings (SSSR count).